The predicted molar refractivity (Wildman–Crippen MR) is 73.1 cm³/mol. The second kappa shape index (κ2) is 5.27. The van der Waals surface area contributed by atoms with Gasteiger partial charge < -0.3 is 5.32 Å². The van der Waals surface area contributed by atoms with Crippen molar-refractivity contribution >= 4 is 22.3 Å². The number of hydrogen-bond donors (Lipinski definition) is 1. The highest BCUT2D eigenvalue weighted by Crippen LogP contribution is 2.28. The molecular formula is C13H15N3OS. The lowest BCUT2D eigenvalue weighted by atomic mass is 10.1. The van der Waals surface area contributed by atoms with Gasteiger partial charge in [-0.15, -0.1) is 0 Å². The number of pyridine rings is 1. The fourth-order valence-corrected chi connectivity index (χ4v) is 2.73. The van der Waals surface area contributed by atoms with Crippen LogP contribution in [-0.4, -0.2) is 15.1 Å². The Labute approximate surface area is 110 Å². The quantitative estimate of drug-likeness (QED) is 0.858. The van der Waals surface area contributed by atoms with Gasteiger partial charge in [-0.25, -0.2) is 0 Å². The van der Waals surface area contributed by atoms with Gasteiger partial charge in [-0.1, -0.05) is 6.07 Å². The molecule has 0 aromatic carbocycles. The minimum absolute atomic E-state index is 0.0436. The van der Waals surface area contributed by atoms with Crippen LogP contribution in [0, 0.1) is 6.92 Å². The van der Waals surface area contributed by atoms with Crippen molar-refractivity contribution in [2.24, 2.45) is 0 Å². The van der Waals surface area contributed by atoms with Gasteiger partial charge in [0.25, 0.3) is 0 Å². The molecule has 18 heavy (non-hydrogen) atoms. The first-order valence-electron chi connectivity index (χ1n) is 5.73. The monoisotopic (exact) mass is 261 g/mol. The van der Waals surface area contributed by atoms with Crippen LogP contribution in [0.3, 0.4) is 0 Å². The van der Waals surface area contributed by atoms with E-state index in [4.69, 9.17) is 0 Å². The summed E-state index contributed by atoms with van der Waals surface area (Å²) < 4.78 is 4.23. The summed E-state index contributed by atoms with van der Waals surface area (Å²) in [6, 6.07) is 4.00. The molecule has 0 bridgehead atoms. The maximum absolute atomic E-state index is 11.6. The van der Waals surface area contributed by atoms with E-state index in [1.165, 1.54) is 11.5 Å². The van der Waals surface area contributed by atoms with Gasteiger partial charge in [0, 0.05) is 12.4 Å². The van der Waals surface area contributed by atoms with E-state index in [9.17, 15) is 4.79 Å². The molecule has 0 radical (unpaired) electrons. The van der Waals surface area contributed by atoms with Crippen LogP contribution in [0.1, 0.15) is 41.5 Å². The van der Waals surface area contributed by atoms with E-state index in [-0.39, 0.29) is 11.8 Å². The summed E-state index contributed by atoms with van der Waals surface area (Å²) in [6.45, 7) is 5.46. The van der Waals surface area contributed by atoms with E-state index < -0.39 is 0 Å². The van der Waals surface area contributed by atoms with Gasteiger partial charge in [-0.2, -0.15) is 4.37 Å². The SMILES string of the molecule is CC(=O)c1c(C)nsc1NC(C)c1cccnc1. The van der Waals surface area contributed by atoms with Crippen LogP contribution in [0.15, 0.2) is 24.5 Å². The molecular weight excluding hydrogens is 246 g/mol. The molecule has 1 N–H and O–H groups in total. The molecule has 0 amide bonds. The zero-order valence-electron chi connectivity index (χ0n) is 10.6. The van der Waals surface area contributed by atoms with E-state index in [0.717, 1.165) is 16.3 Å². The number of carbonyl (C=O) groups excluding carboxylic acids is 1. The molecule has 0 saturated carbocycles. The smallest absolute Gasteiger partial charge is 0.164 e. The van der Waals surface area contributed by atoms with Crippen molar-refractivity contribution < 1.29 is 4.79 Å². The minimum Gasteiger partial charge on any atom is -0.368 e. The number of anilines is 1. The van der Waals surface area contributed by atoms with Crippen molar-refractivity contribution in [1.29, 1.82) is 0 Å². The molecule has 5 heteroatoms. The van der Waals surface area contributed by atoms with E-state index >= 15 is 0 Å². The third-order valence-corrected chi connectivity index (χ3v) is 3.62. The van der Waals surface area contributed by atoms with Gasteiger partial charge in [0.15, 0.2) is 5.78 Å². The summed E-state index contributed by atoms with van der Waals surface area (Å²) in [7, 11) is 0. The number of aromatic nitrogens is 2. The number of aryl methyl sites for hydroxylation is 1. The minimum atomic E-state index is 0.0436. The van der Waals surface area contributed by atoms with E-state index in [1.54, 1.807) is 13.1 Å². The van der Waals surface area contributed by atoms with E-state index in [0.29, 0.717) is 5.56 Å². The lowest BCUT2D eigenvalue weighted by Crippen LogP contribution is -2.08. The molecule has 0 aliphatic carbocycles. The van der Waals surface area contributed by atoms with Gasteiger partial charge in [-0.05, 0) is 43.9 Å². The molecule has 2 rings (SSSR count). The summed E-state index contributed by atoms with van der Waals surface area (Å²) in [5.74, 6) is 0.0436. The van der Waals surface area contributed by atoms with Crippen molar-refractivity contribution in [3.05, 3.63) is 41.3 Å². The van der Waals surface area contributed by atoms with Crippen LogP contribution >= 0.6 is 11.5 Å². The normalized spacial score (nSPS) is 12.2. The average Bonchev–Trinajstić information content (AvgIpc) is 2.71. The maximum atomic E-state index is 11.6. The van der Waals surface area contributed by atoms with Crippen molar-refractivity contribution in [1.82, 2.24) is 9.36 Å². The fourth-order valence-electron chi connectivity index (χ4n) is 1.79. The summed E-state index contributed by atoms with van der Waals surface area (Å²) in [4.78, 5) is 15.7. The fraction of sp³-hybridized carbons (Fsp3) is 0.308. The second-order valence-electron chi connectivity index (χ2n) is 4.18. The third kappa shape index (κ3) is 2.56. The highest BCUT2D eigenvalue weighted by Gasteiger charge is 2.16. The van der Waals surface area contributed by atoms with Crippen LogP contribution < -0.4 is 5.32 Å². The van der Waals surface area contributed by atoms with Gasteiger partial charge in [0.2, 0.25) is 0 Å². The van der Waals surface area contributed by atoms with Crippen LogP contribution in [0.5, 0.6) is 0 Å². The molecule has 0 aliphatic rings. The molecule has 94 valence electrons. The van der Waals surface area contributed by atoms with Crippen molar-refractivity contribution in [3.8, 4) is 0 Å². The Kier molecular flexibility index (Phi) is 3.72. The molecule has 0 saturated heterocycles. The number of rotatable bonds is 4. The topological polar surface area (TPSA) is 54.9 Å². The highest BCUT2D eigenvalue weighted by atomic mass is 32.1. The Morgan fingerprint density at radius 2 is 2.28 bits per heavy atom. The van der Waals surface area contributed by atoms with Crippen LogP contribution in [0.4, 0.5) is 5.00 Å². The Bertz CT molecular complexity index is 551. The standard InChI is InChI=1S/C13H15N3OS/c1-8(11-5-4-6-14-7-11)15-13-12(10(3)17)9(2)16-18-13/h4-8,15H,1-3H3. The van der Waals surface area contributed by atoms with Crippen LogP contribution in [0.25, 0.3) is 0 Å². The lowest BCUT2D eigenvalue weighted by Gasteiger charge is -2.14. The first-order valence-corrected chi connectivity index (χ1v) is 6.50. The highest BCUT2D eigenvalue weighted by molar-refractivity contribution is 7.10. The summed E-state index contributed by atoms with van der Waals surface area (Å²) in [6.07, 6.45) is 3.56. The van der Waals surface area contributed by atoms with E-state index in [1.807, 2.05) is 32.2 Å². The Morgan fingerprint density at radius 1 is 1.50 bits per heavy atom. The maximum Gasteiger partial charge on any atom is 0.164 e. The molecule has 2 heterocycles. The average molecular weight is 261 g/mol. The molecule has 1 atom stereocenters. The Hall–Kier alpha value is -1.75. The number of carbonyl (C=O) groups is 1. The molecule has 2 aromatic rings. The number of ketones is 1. The molecule has 0 spiro atoms. The first-order chi connectivity index (χ1) is 8.59. The number of nitrogens with zero attached hydrogens (tertiary/aromatic N) is 2. The summed E-state index contributed by atoms with van der Waals surface area (Å²) in [5.41, 5.74) is 2.56. The molecule has 0 aliphatic heterocycles. The van der Waals surface area contributed by atoms with Crippen molar-refractivity contribution in [2.75, 3.05) is 5.32 Å². The third-order valence-electron chi connectivity index (χ3n) is 2.75. The molecule has 4 nitrogen and oxygen atoms in total. The molecule has 2 aromatic heterocycles. The Morgan fingerprint density at radius 3 is 2.89 bits per heavy atom. The molecule has 0 fully saturated rings. The van der Waals surface area contributed by atoms with E-state index in [2.05, 4.69) is 14.7 Å². The Balaban J connectivity index is 2.22. The van der Waals surface area contributed by atoms with Gasteiger partial charge in [-0.3, -0.25) is 9.78 Å². The van der Waals surface area contributed by atoms with Gasteiger partial charge in [0.1, 0.15) is 5.00 Å². The van der Waals surface area contributed by atoms with Gasteiger partial charge >= 0.3 is 0 Å². The zero-order chi connectivity index (χ0) is 13.1. The summed E-state index contributed by atoms with van der Waals surface area (Å²) >= 11 is 1.33. The number of hydrogen-bond acceptors (Lipinski definition) is 5. The second-order valence-corrected chi connectivity index (χ2v) is 4.95. The zero-order valence-corrected chi connectivity index (χ0v) is 11.4. The summed E-state index contributed by atoms with van der Waals surface area (Å²) in [5, 5.41) is 4.15. The largest absolute Gasteiger partial charge is 0.368 e. The van der Waals surface area contributed by atoms with Gasteiger partial charge in [0.05, 0.1) is 17.3 Å². The molecule has 1 unspecified atom stereocenters. The van der Waals surface area contributed by atoms with Crippen molar-refractivity contribution in [3.63, 3.8) is 0 Å². The predicted octanol–water partition coefficient (Wildman–Crippen LogP) is 3.22. The van der Waals surface area contributed by atoms with Crippen molar-refractivity contribution in [2.45, 2.75) is 26.8 Å². The number of Topliss-reactive ketones (excluding diaryl/α,β-unsaturated/α-hetero) is 1. The lowest BCUT2D eigenvalue weighted by molar-refractivity contribution is 0.101. The van der Waals surface area contributed by atoms with Crippen LogP contribution in [0.2, 0.25) is 0 Å². The first kappa shape index (κ1) is 12.7. The number of nitrogens with one attached hydrogen (secondary N) is 1. The van der Waals surface area contributed by atoms with Crippen LogP contribution in [-0.2, 0) is 0 Å².